The van der Waals surface area contributed by atoms with Crippen LogP contribution in [0.2, 0.25) is 0 Å². The standard InChI is InChI=1S/C20H22N4O2/c1-4-23(3)16-9-7-8-15(12-16)21-19(25)13-24-20(26)18-11-6-5-10-17(18)14(2)22-24/h5-12H,4,13H2,1-3H3,(H,21,25). The van der Waals surface area contributed by atoms with Gasteiger partial charge in [-0.05, 0) is 38.1 Å². The lowest BCUT2D eigenvalue weighted by atomic mass is 10.1. The minimum atomic E-state index is -0.286. The molecule has 0 atom stereocenters. The Balaban J connectivity index is 1.82. The van der Waals surface area contributed by atoms with Gasteiger partial charge in [-0.15, -0.1) is 0 Å². The average Bonchev–Trinajstić information content (AvgIpc) is 2.65. The van der Waals surface area contributed by atoms with Crippen LogP contribution >= 0.6 is 0 Å². The van der Waals surface area contributed by atoms with Crippen molar-refractivity contribution in [3.8, 4) is 0 Å². The normalized spacial score (nSPS) is 10.7. The van der Waals surface area contributed by atoms with Gasteiger partial charge in [0.05, 0.1) is 11.1 Å². The van der Waals surface area contributed by atoms with Crippen LogP contribution in [0.1, 0.15) is 12.6 Å². The molecule has 0 saturated heterocycles. The molecule has 134 valence electrons. The quantitative estimate of drug-likeness (QED) is 0.768. The molecular formula is C20H22N4O2. The number of amides is 1. The van der Waals surface area contributed by atoms with Crippen molar-refractivity contribution in [2.24, 2.45) is 0 Å². The van der Waals surface area contributed by atoms with E-state index in [1.165, 1.54) is 4.68 Å². The molecule has 3 aromatic rings. The van der Waals surface area contributed by atoms with E-state index in [2.05, 4.69) is 22.2 Å². The van der Waals surface area contributed by atoms with E-state index in [1.807, 2.05) is 56.4 Å². The molecule has 0 aliphatic carbocycles. The van der Waals surface area contributed by atoms with Crippen molar-refractivity contribution in [2.45, 2.75) is 20.4 Å². The Morgan fingerprint density at radius 2 is 1.88 bits per heavy atom. The zero-order valence-corrected chi connectivity index (χ0v) is 15.2. The molecule has 1 amide bonds. The van der Waals surface area contributed by atoms with Crippen LogP contribution in [-0.2, 0) is 11.3 Å². The van der Waals surface area contributed by atoms with Gasteiger partial charge in [-0.2, -0.15) is 5.10 Å². The van der Waals surface area contributed by atoms with Crippen LogP contribution in [0, 0.1) is 6.92 Å². The van der Waals surface area contributed by atoms with Crippen molar-refractivity contribution >= 4 is 28.1 Å². The zero-order chi connectivity index (χ0) is 18.7. The van der Waals surface area contributed by atoms with Crippen LogP contribution in [0.25, 0.3) is 10.8 Å². The van der Waals surface area contributed by atoms with E-state index in [-0.39, 0.29) is 18.0 Å². The third-order valence-electron chi connectivity index (χ3n) is 4.39. The Morgan fingerprint density at radius 3 is 2.62 bits per heavy atom. The SMILES string of the molecule is CCN(C)c1cccc(NC(=O)Cn2nc(C)c3ccccc3c2=O)c1. The second-order valence-corrected chi connectivity index (χ2v) is 6.21. The van der Waals surface area contributed by atoms with E-state index >= 15 is 0 Å². The molecule has 26 heavy (non-hydrogen) atoms. The van der Waals surface area contributed by atoms with Gasteiger partial charge in [0, 0.05) is 30.4 Å². The summed E-state index contributed by atoms with van der Waals surface area (Å²) in [6.07, 6.45) is 0. The van der Waals surface area contributed by atoms with Crippen molar-refractivity contribution in [1.29, 1.82) is 0 Å². The number of hydrogen-bond donors (Lipinski definition) is 1. The molecule has 0 spiro atoms. The van der Waals surface area contributed by atoms with E-state index in [4.69, 9.17) is 0 Å². The van der Waals surface area contributed by atoms with Crippen LogP contribution in [0.5, 0.6) is 0 Å². The summed E-state index contributed by atoms with van der Waals surface area (Å²) >= 11 is 0. The molecule has 0 saturated carbocycles. The maximum absolute atomic E-state index is 12.6. The van der Waals surface area contributed by atoms with Crippen LogP contribution in [0.3, 0.4) is 0 Å². The molecule has 0 bridgehead atoms. The van der Waals surface area contributed by atoms with Gasteiger partial charge in [-0.1, -0.05) is 24.3 Å². The summed E-state index contributed by atoms with van der Waals surface area (Å²) in [6, 6.07) is 14.9. The third-order valence-corrected chi connectivity index (χ3v) is 4.39. The molecule has 1 heterocycles. The highest BCUT2D eigenvalue weighted by molar-refractivity contribution is 5.91. The van der Waals surface area contributed by atoms with Crippen molar-refractivity contribution < 1.29 is 4.79 Å². The Morgan fingerprint density at radius 1 is 1.15 bits per heavy atom. The summed E-state index contributed by atoms with van der Waals surface area (Å²) in [6.45, 7) is 4.64. The summed E-state index contributed by atoms with van der Waals surface area (Å²) in [5, 5.41) is 8.49. The Kier molecular flexibility index (Phi) is 5.02. The van der Waals surface area contributed by atoms with Crippen LogP contribution in [0.4, 0.5) is 11.4 Å². The fraction of sp³-hybridized carbons (Fsp3) is 0.250. The number of hydrogen-bond acceptors (Lipinski definition) is 4. The number of benzene rings is 2. The second-order valence-electron chi connectivity index (χ2n) is 6.21. The lowest BCUT2D eigenvalue weighted by Crippen LogP contribution is -2.30. The molecule has 0 aliphatic rings. The van der Waals surface area contributed by atoms with E-state index < -0.39 is 0 Å². The van der Waals surface area contributed by atoms with Gasteiger partial charge in [-0.3, -0.25) is 9.59 Å². The maximum Gasteiger partial charge on any atom is 0.275 e. The summed E-state index contributed by atoms with van der Waals surface area (Å²) in [5.41, 5.74) is 2.17. The number of carbonyl (C=O) groups is 1. The number of nitrogens with zero attached hydrogens (tertiary/aromatic N) is 3. The fourth-order valence-electron chi connectivity index (χ4n) is 2.85. The monoisotopic (exact) mass is 350 g/mol. The van der Waals surface area contributed by atoms with Crippen LogP contribution in [0.15, 0.2) is 53.3 Å². The molecule has 1 aromatic heterocycles. The van der Waals surface area contributed by atoms with Crippen molar-refractivity contribution in [3.63, 3.8) is 0 Å². The van der Waals surface area contributed by atoms with Crippen molar-refractivity contribution in [3.05, 3.63) is 64.6 Å². The number of fused-ring (bicyclic) bond motifs is 1. The van der Waals surface area contributed by atoms with Crippen molar-refractivity contribution in [1.82, 2.24) is 9.78 Å². The molecule has 1 N–H and O–H groups in total. The van der Waals surface area contributed by atoms with E-state index in [1.54, 1.807) is 6.07 Å². The van der Waals surface area contributed by atoms with Crippen LogP contribution in [-0.4, -0.2) is 29.3 Å². The number of carbonyl (C=O) groups excluding carboxylic acids is 1. The summed E-state index contributed by atoms with van der Waals surface area (Å²) in [4.78, 5) is 27.1. The molecular weight excluding hydrogens is 328 g/mol. The average molecular weight is 350 g/mol. The number of anilines is 2. The van der Waals surface area contributed by atoms with Gasteiger partial charge in [0.1, 0.15) is 6.54 Å². The van der Waals surface area contributed by atoms with E-state index in [0.29, 0.717) is 11.1 Å². The number of nitrogens with one attached hydrogen (secondary N) is 1. The first-order valence-corrected chi connectivity index (χ1v) is 8.57. The second kappa shape index (κ2) is 7.39. The molecule has 0 radical (unpaired) electrons. The predicted molar refractivity (Wildman–Crippen MR) is 105 cm³/mol. The number of aryl methyl sites for hydroxylation is 1. The molecule has 3 rings (SSSR count). The molecule has 0 aliphatic heterocycles. The summed E-state index contributed by atoms with van der Waals surface area (Å²) in [7, 11) is 1.99. The zero-order valence-electron chi connectivity index (χ0n) is 15.2. The maximum atomic E-state index is 12.6. The highest BCUT2D eigenvalue weighted by Gasteiger charge is 2.11. The first kappa shape index (κ1) is 17.7. The fourth-order valence-corrected chi connectivity index (χ4v) is 2.85. The smallest absolute Gasteiger partial charge is 0.275 e. The molecule has 6 nitrogen and oxygen atoms in total. The third kappa shape index (κ3) is 3.59. The minimum absolute atomic E-state index is 0.127. The predicted octanol–water partition coefficient (Wildman–Crippen LogP) is 2.80. The Bertz CT molecular complexity index is 1010. The Labute approximate surface area is 152 Å². The van der Waals surface area contributed by atoms with Gasteiger partial charge < -0.3 is 10.2 Å². The first-order chi connectivity index (χ1) is 12.5. The topological polar surface area (TPSA) is 67.2 Å². The largest absolute Gasteiger partial charge is 0.375 e. The number of aromatic nitrogens is 2. The summed E-state index contributed by atoms with van der Waals surface area (Å²) < 4.78 is 1.22. The van der Waals surface area contributed by atoms with Crippen LogP contribution < -0.4 is 15.8 Å². The van der Waals surface area contributed by atoms with Gasteiger partial charge in [0.15, 0.2) is 0 Å². The number of rotatable bonds is 5. The lowest BCUT2D eigenvalue weighted by Gasteiger charge is -2.17. The van der Waals surface area contributed by atoms with Gasteiger partial charge in [0.2, 0.25) is 5.91 Å². The van der Waals surface area contributed by atoms with E-state index in [0.717, 1.165) is 23.3 Å². The summed E-state index contributed by atoms with van der Waals surface area (Å²) in [5.74, 6) is -0.286. The molecule has 0 unspecified atom stereocenters. The highest BCUT2D eigenvalue weighted by Crippen LogP contribution is 2.18. The Hall–Kier alpha value is -3.15. The lowest BCUT2D eigenvalue weighted by molar-refractivity contribution is -0.117. The highest BCUT2D eigenvalue weighted by atomic mass is 16.2. The molecule has 2 aromatic carbocycles. The minimum Gasteiger partial charge on any atom is -0.375 e. The van der Waals surface area contributed by atoms with Crippen molar-refractivity contribution in [2.75, 3.05) is 23.8 Å². The molecule has 6 heteroatoms. The van der Waals surface area contributed by atoms with Gasteiger partial charge in [0.25, 0.3) is 5.56 Å². The van der Waals surface area contributed by atoms with Gasteiger partial charge >= 0.3 is 0 Å². The van der Waals surface area contributed by atoms with E-state index in [9.17, 15) is 9.59 Å². The molecule has 0 fully saturated rings. The van der Waals surface area contributed by atoms with Gasteiger partial charge in [-0.25, -0.2) is 4.68 Å². The first-order valence-electron chi connectivity index (χ1n) is 8.57.